The van der Waals surface area contributed by atoms with E-state index < -0.39 is 0 Å². The number of rotatable bonds is 3. The summed E-state index contributed by atoms with van der Waals surface area (Å²) in [6, 6.07) is 0. The van der Waals surface area contributed by atoms with E-state index in [1.54, 1.807) is 12.4 Å². The first kappa shape index (κ1) is 11.6. The highest BCUT2D eigenvalue weighted by atomic mass is 35.5. The Kier molecular flexibility index (Phi) is 3.96. The number of nitrogens with zero attached hydrogens (tertiary/aromatic N) is 3. The van der Waals surface area contributed by atoms with Crippen LogP contribution in [0, 0.1) is 5.92 Å². The highest BCUT2D eigenvalue weighted by Gasteiger charge is 2.15. The summed E-state index contributed by atoms with van der Waals surface area (Å²) in [6.07, 6.45) is 5.86. The van der Waals surface area contributed by atoms with Gasteiger partial charge in [0.05, 0.1) is 12.4 Å². The Morgan fingerprint density at radius 3 is 3.12 bits per heavy atom. The van der Waals surface area contributed by atoms with Gasteiger partial charge in [-0.3, -0.25) is 4.98 Å². The molecule has 16 heavy (non-hydrogen) atoms. The fourth-order valence-corrected chi connectivity index (χ4v) is 2.22. The first-order chi connectivity index (χ1) is 7.75. The lowest BCUT2D eigenvalue weighted by Gasteiger charge is -2.28. The lowest BCUT2D eigenvalue weighted by Crippen LogP contribution is -2.37. The molecule has 4 nitrogen and oxygen atoms in total. The van der Waals surface area contributed by atoms with Gasteiger partial charge in [-0.15, -0.1) is 0 Å². The van der Waals surface area contributed by atoms with Gasteiger partial charge in [0.25, 0.3) is 0 Å². The molecule has 2 heterocycles. The van der Waals surface area contributed by atoms with E-state index in [0.717, 1.165) is 25.5 Å². The van der Waals surface area contributed by atoms with E-state index >= 15 is 0 Å². The van der Waals surface area contributed by atoms with Gasteiger partial charge in [-0.1, -0.05) is 11.6 Å². The van der Waals surface area contributed by atoms with Gasteiger partial charge in [-0.25, -0.2) is 4.98 Å². The maximum Gasteiger partial charge on any atom is 0.149 e. The average molecular weight is 241 g/mol. The van der Waals surface area contributed by atoms with Gasteiger partial charge in [0.2, 0.25) is 0 Å². The Labute approximate surface area is 101 Å². The van der Waals surface area contributed by atoms with Gasteiger partial charge < -0.3 is 10.2 Å². The first-order valence-corrected chi connectivity index (χ1v) is 6.03. The summed E-state index contributed by atoms with van der Waals surface area (Å²) in [5.74, 6) is 1.54. The standard InChI is InChI=1S/C11H17ClN4/c1-16(8-9-3-2-4-13-5-9)11-7-14-6-10(12)15-11/h6-7,9,13H,2-5,8H2,1H3. The summed E-state index contributed by atoms with van der Waals surface area (Å²) in [4.78, 5) is 10.4. The molecule has 1 aliphatic heterocycles. The van der Waals surface area contributed by atoms with E-state index in [1.807, 2.05) is 7.05 Å². The summed E-state index contributed by atoms with van der Waals surface area (Å²) in [6.45, 7) is 3.25. The average Bonchev–Trinajstić information content (AvgIpc) is 2.30. The molecule has 1 saturated heterocycles. The van der Waals surface area contributed by atoms with Gasteiger partial charge in [0.15, 0.2) is 0 Å². The summed E-state index contributed by atoms with van der Waals surface area (Å²) >= 11 is 5.82. The van der Waals surface area contributed by atoms with E-state index in [-0.39, 0.29) is 0 Å². The minimum absolute atomic E-state index is 0.450. The Morgan fingerprint density at radius 1 is 1.56 bits per heavy atom. The molecule has 1 aliphatic rings. The fraction of sp³-hybridized carbons (Fsp3) is 0.636. The molecule has 0 amide bonds. The van der Waals surface area contributed by atoms with E-state index in [2.05, 4.69) is 20.2 Å². The number of hydrogen-bond donors (Lipinski definition) is 1. The highest BCUT2D eigenvalue weighted by Crippen LogP contribution is 2.16. The third kappa shape index (κ3) is 3.06. The Balaban J connectivity index is 1.94. The molecule has 0 aliphatic carbocycles. The van der Waals surface area contributed by atoms with Crippen molar-refractivity contribution >= 4 is 17.4 Å². The zero-order valence-electron chi connectivity index (χ0n) is 9.49. The smallest absolute Gasteiger partial charge is 0.149 e. The molecule has 1 fully saturated rings. The third-order valence-corrected chi connectivity index (χ3v) is 3.10. The zero-order valence-corrected chi connectivity index (χ0v) is 10.2. The maximum atomic E-state index is 5.82. The van der Waals surface area contributed by atoms with Crippen LogP contribution in [-0.2, 0) is 0 Å². The molecule has 88 valence electrons. The van der Waals surface area contributed by atoms with Crippen LogP contribution in [0.15, 0.2) is 12.4 Å². The van der Waals surface area contributed by atoms with Crippen LogP contribution in [0.1, 0.15) is 12.8 Å². The van der Waals surface area contributed by atoms with Crippen molar-refractivity contribution in [3.8, 4) is 0 Å². The third-order valence-electron chi connectivity index (χ3n) is 2.91. The molecule has 1 aromatic heterocycles. The molecule has 1 aromatic rings. The van der Waals surface area contributed by atoms with Crippen LogP contribution in [0.3, 0.4) is 0 Å². The Morgan fingerprint density at radius 2 is 2.44 bits per heavy atom. The van der Waals surface area contributed by atoms with Crippen LogP contribution in [-0.4, -0.2) is 36.6 Å². The molecule has 1 atom stereocenters. The molecule has 0 aromatic carbocycles. The van der Waals surface area contributed by atoms with Crippen molar-refractivity contribution < 1.29 is 0 Å². The molecule has 0 saturated carbocycles. The van der Waals surface area contributed by atoms with E-state index in [4.69, 9.17) is 11.6 Å². The number of halogens is 1. The molecule has 1 unspecified atom stereocenters. The second-order valence-corrected chi connectivity index (χ2v) is 4.68. The van der Waals surface area contributed by atoms with Crippen LogP contribution in [0.4, 0.5) is 5.82 Å². The van der Waals surface area contributed by atoms with Crippen molar-refractivity contribution in [2.24, 2.45) is 5.92 Å². The molecule has 0 spiro atoms. The summed E-state index contributed by atoms with van der Waals surface area (Å²) in [7, 11) is 2.04. The van der Waals surface area contributed by atoms with Gasteiger partial charge in [0.1, 0.15) is 11.0 Å². The number of aromatic nitrogens is 2. The van der Waals surface area contributed by atoms with E-state index in [0.29, 0.717) is 11.1 Å². The predicted molar refractivity (Wildman–Crippen MR) is 65.9 cm³/mol. The second kappa shape index (κ2) is 5.46. The van der Waals surface area contributed by atoms with Crippen molar-refractivity contribution in [1.29, 1.82) is 0 Å². The Hall–Kier alpha value is -0.870. The normalized spacial score (nSPS) is 20.8. The lowest BCUT2D eigenvalue weighted by atomic mass is 9.99. The van der Waals surface area contributed by atoms with Crippen molar-refractivity contribution in [1.82, 2.24) is 15.3 Å². The SMILES string of the molecule is CN(CC1CCCNC1)c1cncc(Cl)n1. The summed E-state index contributed by atoms with van der Waals surface area (Å²) < 4.78 is 0. The highest BCUT2D eigenvalue weighted by molar-refractivity contribution is 6.29. The maximum absolute atomic E-state index is 5.82. The van der Waals surface area contributed by atoms with E-state index in [9.17, 15) is 0 Å². The number of hydrogen-bond acceptors (Lipinski definition) is 4. The molecule has 2 rings (SSSR count). The summed E-state index contributed by atoms with van der Waals surface area (Å²) in [5.41, 5.74) is 0. The first-order valence-electron chi connectivity index (χ1n) is 5.65. The minimum Gasteiger partial charge on any atom is -0.358 e. The van der Waals surface area contributed by atoms with Crippen molar-refractivity contribution in [3.05, 3.63) is 17.5 Å². The minimum atomic E-state index is 0.450. The Bertz CT molecular complexity index is 339. The van der Waals surface area contributed by atoms with Crippen LogP contribution in [0.5, 0.6) is 0 Å². The van der Waals surface area contributed by atoms with Crippen molar-refractivity contribution in [2.75, 3.05) is 31.6 Å². The lowest BCUT2D eigenvalue weighted by molar-refractivity contribution is 0.380. The second-order valence-electron chi connectivity index (χ2n) is 4.29. The molecule has 1 N–H and O–H groups in total. The molecule has 0 radical (unpaired) electrons. The fourth-order valence-electron chi connectivity index (χ4n) is 2.08. The monoisotopic (exact) mass is 240 g/mol. The number of anilines is 1. The van der Waals surface area contributed by atoms with Gasteiger partial charge in [0, 0.05) is 13.6 Å². The van der Waals surface area contributed by atoms with Crippen LogP contribution in [0.2, 0.25) is 5.15 Å². The van der Waals surface area contributed by atoms with Crippen molar-refractivity contribution in [2.45, 2.75) is 12.8 Å². The van der Waals surface area contributed by atoms with E-state index in [1.165, 1.54) is 12.8 Å². The predicted octanol–water partition coefficient (Wildman–Crippen LogP) is 1.57. The van der Waals surface area contributed by atoms with Crippen molar-refractivity contribution in [3.63, 3.8) is 0 Å². The molecule has 5 heteroatoms. The van der Waals surface area contributed by atoms with Gasteiger partial charge in [-0.2, -0.15) is 0 Å². The quantitative estimate of drug-likeness (QED) is 0.871. The topological polar surface area (TPSA) is 41.0 Å². The number of piperidine rings is 1. The number of nitrogens with one attached hydrogen (secondary N) is 1. The zero-order chi connectivity index (χ0) is 11.4. The largest absolute Gasteiger partial charge is 0.358 e. The van der Waals surface area contributed by atoms with Crippen LogP contribution < -0.4 is 10.2 Å². The summed E-state index contributed by atoms with van der Waals surface area (Å²) in [5, 5.41) is 3.86. The molecular weight excluding hydrogens is 224 g/mol. The molecular formula is C11H17ClN4. The van der Waals surface area contributed by atoms with Crippen LogP contribution >= 0.6 is 11.6 Å². The van der Waals surface area contributed by atoms with Gasteiger partial charge in [-0.05, 0) is 31.8 Å². The van der Waals surface area contributed by atoms with Crippen LogP contribution in [0.25, 0.3) is 0 Å². The molecule has 0 bridgehead atoms. The van der Waals surface area contributed by atoms with Gasteiger partial charge >= 0.3 is 0 Å².